The summed E-state index contributed by atoms with van der Waals surface area (Å²) in [6.07, 6.45) is 8.58. The molecule has 2 N–H and O–H groups in total. The van der Waals surface area contributed by atoms with Gasteiger partial charge < -0.3 is 9.84 Å². The topological polar surface area (TPSA) is 119 Å². The molecule has 2 aromatic rings. The molecule has 1 fully saturated rings. The highest BCUT2D eigenvalue weighted by molar-refractivity contribution is 7.92. The summed E-state index contributed by atoms with van der Waals surface area (Å²) in [7, 11) is -2.21. The Morgan fingerprint density at radius 3 is 2.62 bits per heavy atom. The van der Waals surface area contributed by atoms with Crippen molar-refractivity contribution in [1.29, 1.82) is 0 Å². The number of hydrogen-bond donors (Lipinski definition) is 2. The van der Waals surface area contributed by atoms with Crippen molar-refractivity contribution in [1.82, 2.24) is 19.7 Å². The van der Waals surface area contributed by atoms with Crippen LogP contribution in [0.25, 0.3) is 0 Å². The number of ether oxygens (including phenoxy) is 1. The summed E-state index contributed by atoms with van der Waals surface area (Å²) in [6.45, 7) is 3.67. The van der Waals surface area contributed by atoms with Crippen LogP contribution in [0.4, 0.5) is 5.95 Å². The van der Waals surface area contributed by atoms with Gasteiger partial charge in [0.05, 0.1) is 24.1 Å². The second kappa shape index (κ2) is 8.66. The Morgan fingerprint density at radius 1 is 1.28 bits per heavy atom. The number of nitrogens with zero attached hydrogens (tertiary/aromatic N) is 4. The first kappa shape index (κ1) is 21.5. The van der Waals surface area contributed by atoms with E-state index in [1.807, 2.05) is 0 Å². The van der Waals surface area contributed by atoms with Crippen LogP contribution in [0.5, 0.6) is 5.88 Å². The van der Waals surface area contributed by atoms with Crippen LogP contribution in [-0.2, 0) is 17.1 Å². The first-order chi connectivity index (χ1) is 13.6. The van der Waals surface area contributed by atoms with Gasteiger partial charge in [-0.3, -0.25) is 4.68 Å². The fourth-order valence-corrected chi connectivity index (χ4v) is 4.22. The van der Waals surface area contributed by atoms with Gasteiger partial charge in [0.1, 0.15) is 4.90 Å². The molecule has 0 radical (unpaired) electrons. The second-order valence-corrected chi connectivity index (χ2v) is 9.84. The van der Waals surface area contributed by atoms with E-state index in [9.17, 15) is 13.5 Å². The van der Waals surface area contributed by atoms with Gasteiger partial charge in [-0.15, -0.1) is 0 Å². The smallest absolute Gasteiger partial charge is 0.267 e. The van der Waals surface area contributed by atoms with Crippen molar-refractivity contribution in [2.24, 2.45) is 7.05 Å². The molecule has 160 valence electrons. The number of anilines is 1. The van der Waals surface area contributed by atoms with Crippen molar-refractivity contribution in [3.05, 3.63) is 24.2 Å². The summed E-state index contributed by atoms with van der Waals surface area (Å²) in [5.41, 5.74) is -0.0777. The zero-order valence-electron chi connectivity index (χ0n) is 17.1. The summed E-state index contributed by atoms with van der Waals surface area (Å²) in [4.78, 5) is 8.74. The lowest BCUT2D eigenvalue weighted by atomic mass is 9.87. The lowest BCUT2D eigenvalue weighted by Gasteiger charge is -2.22. The van der Waals surface area contributed by atoms with E-state index in [0.717, 1.165) is 31.4 Å². The molecule has 0 unspecified atom stereocenters. The highest BCUT2D eigenvalue weighted by Gasteiger charge is 2.23. The predicted octanol–water partition coefficient (Wildman–Crippen LogP) is 2.60. The van der Waals surface area contributed by atoms with Crippen molar-refractivity contribution >= 4 is 16.0 Å². The molecule has 0 bridgehead atoms. The lowest BCUT2D eigenvalue weighted by Crippen LogP contribution is -2.22. The van der Waals surface area contributed by atoms with Crippen LogP contribution >= 0.6 is 0 Å². The van der Waals surface area contributed by atoms with E-state index < -0.39 is 15.6 Å². The minimum Gasteiger partial charge on any atom is -0.477 e. The summed E-state index contributed by atoms with van der Waals surface area (Å²) >= 11 is 0. The summed E-state index contributed by atoms with van der Waals surface area (Å²) in [6, 6.07) is 1.78. The number of sulfonamides is 1. The Morgan fingerprint density at radius 2 is 2.00 bits per heavy atom. The number of aliphatic hydroxyl groups is 1. The van der Waals surface area contributed by atoms with Gasteiger partial charge in [-0.05, 0) is 26.7 Å². The van der Waals surface area contributed by atoms with Crippen molar-refractivity contribution < 1.29 is 18.3 Å². The Balaban J connectivity index is 1.85. The number of nitrogens with one attached hydrogen (secondary N) is 1. The minimum absolute atomic E-state index is 0.0183. The molecule has 0 saturated heterocycles. The Hall–Kier alpha value is -2.20. The average Bonchev–Trinajstić information content (AvgIpc) is 3.08. The van der Waals surface area contributed by atoms with Gasteiger partial charge in [-0.25, -0.2) is 18.1 Å². The molecular weight excluding hydrogens is 394 g/mol. The van der Waals surface area contributed by atoms with E-state index in [1.165, 1.54) is 23.5 Å². The van der Waals surface area contributed by atoms with Crippen LogP contribution in [0.3, 0.4) is 0 Å². The SMILES string of the molecule is Cn1cc(S(=O)(=O)Nc2nc(OCCC(C)(C)O)cc(C3CCCCC3)n2)cn1. The van der Waals surface area contributed by atoms with E-state index in [0.29, 0.717) is 12.3 Å². The Kier molecular flexibility index (Phi) is 6.42. The molecule has 0 aliphatic heterocycles. The standard InChI is InChI=1S/C19H29N5O4S/c1-19(2,25)9-10-28-17-11-16(14-7-5-4-6-8-14)21-18(22-17)23-29(26,27)15-12-20-24(3)13-15/h11-14,25H,4-10H2,1-3H3,(H,21,22,23). The maximum Gasteiger partial charge on any atom is 0.267 e. The zero-order chi connectivity index (χ0) is 21.1. The van der Waals surface area contributed by atoms with Crippen LogP contribution in [0.15, 0.2) is 23.4 Å². The van der Waals surface area contributed by atoms with Gasteiger partial charge in [0.25, 0.3) is 10.0 Å². The molecule has 0 aromatic carbocycles. The third-order valence-corrected chi connectivity index (χ3v) is 6.21. The molecular formula is C19H29N5O4S. The van der Waals surface area contributed by atoms with Gasteiger partial charge >= 0.3 is 0 Å². The van der Waals surface area contributed by atoms with Crippen LogP contribution in [0.2, 0.25) is 0 Å². The molecule has 2 heterocycles. The lowest BCUT2D eigenvalue weighted by molar-refractivity contribution is 0.0547. The number of hydrogen-bond acceptors (Lipinski definition) is 7. The molecule has 0 amide bonds. The molecule has 2 aromatic heterocycles. The Labute approximate surface area is 171 Å². The molecule has 0 atom stereocenters. The van der Waals surface area contributed by atoms with Gasteiger partial charge in [0.15, 0.2) is 0 Å². The zero-order valence-corrected chi connectivity index (χ0v) is 17.9. The Bertz CT molecular complexity index is 930. The maximum atomic E-state index is 12.6. The van der Waals surface area contributed by atoms with E-state index in [4.69, 9.17) is 4.74 Å². The van der Waals surface area contributed by atoms with Crippen molar-refractivity contribution in [2.45, 2.75) is 68.8 Å². The van der Waals surface area contributed by atoms with Crippen molar-refractivity contribution in [3.63, 3.8) is 0 Å². The van der Waals surface area contributed by atoms with E-state index in [2.05, 4.69) is 19.8 Å². The molecule has 3 rings (SSSR count). The fraction of sp³-hybridized carbons (Fsp3) is 0.632. The average molecular weight is 424 g/mol. The first-order valence-electron chi connectivity index (χ1n) is 9.88. The molecule has 1 aliphatic carbocycles. The fourth-order valence-electron chi connectivity index (χ4n) is 3.29. The van der Waals surface area contributed by atoms with E-state index in [1.54, 1.807) is 27.0 Å². The highest BCUT2D eigenvalue weighted by Crippen LogP contribution is 2.33. The monoisotopic (exact) mass is 423 g/mol. The van der Waals surface area contributed by atoms with Crippen LogP contribution < -0.4 is 9.46 Å². The molecule has 0 spiro atoms. The summed E-state index contributed by atoms with van der Waals surface area (Å²) < 4.78 is 34.9. The molecule has 1 aliphatic rings. The van der Waals surface area contributed by atoms with Gasteiger partial charge in [-0.1, -0.05) is 19.3 Å². The van der Waals surface area contributed by atoms with E-state index >= 15 is 0 Å². The predicted molar refractivity (Wildman–Crippen MR) is 108 cm³/mol. The summed E-state index contributed by atoms with van der Waals surface area (Å²) in [5.74, 6) is 0.536. The largest absolute Gasteiger partial charge is 0.477 e. The van der Waals surface area contributed by atoms with Crippen LogP contribution in [-0.4, -0.2) is 45.5 Å². The van der Waals surface area contributed by atoms with Gasteiger partial charge in [0.2, 0.25) is 11.8 Å². The van der Waals surface area contributed by atoms with Gasteiger partial charge in [0, 0.05) is 31.6 Å². The quantitative estimate of drug-likeness (QED) is 0.670. The highest BCUT2D eigenvalue weighted by atomic mass is 32.2. The molecule has 10 heteroatoms. The third kappa shape index (κ3) is 6.14. The third-order valence-electron chi connectivity index (χ3n) is 4.93. The second-order valence-electron chi connectivity index (χ2n) is 8.16. The number of aryl methyl sites for hydroxylation is 1. The summed E-state index contributed by atoms with van der Waals surface area (Å²) in [5, 5.41) is 13.8. The normalized spacial score (nSPS) is 16.0. The van der Waals surface area contributed by atoms with Crippen LogP contribution in [0.1, 0.15) is 64.0 Å². The van der Waals surface area contributed by atoms with Crippen molar-refractivity contribution in [2.75, 3.05) is 11.3 Å². The molecule has 9 nitrogen and oxygen atoms in total. The number of aromatic nitrogens is 4. The van der Waals surface area contributed by atoms with E-state index in [-0.39, 0.29) is 23.4 Å². The maximum absolute atomic E-state index is 12.6. The first-order valence-corrected chi connectivity index (χ1v) is 11.4. The van der Waals surface area contributed by atoms with Gasteiger partial charge in [-0.2, -0.15) is 10.1 Å². The molecule has 1 saturated carbocycles. The van der Waals surface area contributed by atoms with Crippen LogP contribution in [0, 0.1) is 0 Å². The van der Waals surface area contributed by atoms with Crippen molar-refractivity contribution in [3.8, 4) is 5.88 Å². The number of rotatable bonds is 8. The minimum atomic E-state index is -3.85. The molecule has 29 heavy (non-hydrogen) atoms.